The number of carbonyl (C=O) groups is 1. The number of aryl methyl sites for hydroxylation is 3. The molecule has 1 heterocycles. The second-order valence-corrected chi connectivity index (χ2v) is 7.74. The summed E-state index contributed by atoms with van der Waals surface area (Å²) in [4.78, 5) is 12.3. The minimum absolute atomic E-state index is 0.0232. The number of hydrogen-bond donors (Lipinski definition) is 1. The molecule has 1 saturated carbocycles. The number of aromatic nitrogens is 3. The molecule has 0 spiro atoms. The molecule has 1 N–H and O–H groups in total. The molecule has 5 heteroatoms. The van der Waals surface area contributed by atoms with Crippen molar-refractivity contribution in [3.8, 4) is 0 Å². The zero-order valence-corrected chi connectivity index (χ0v) is 16.7. The summed E-state index contributed by atoms with van der Waals surface area (Å²) < 4.78 is 2.20. The number of benzene rings is 1. The lowest BCUT2D eigenvalue weighted by Gasteiger charge is -2.21. The van der Waals surface area contributed by atoms with Crippen molar-refractivity contribution >= 4 is 11.6 Å². The van der Waals surface area contributed by atoms with E-state index in [4.69, 9.17) is 0 Å². The number of amides is 1. The van der Waals surface area contributed by atoms with Crippen molar-refractivity contribution in [1.82, 2.24) is 14.8 Å². The highest BCUT2D eigenvalue weighted by Gasteiger charge is 2.17. The maximum atomic E-state index is 12.3. The van der Waals surface area contributed by atoms with Gasteiger partial charge in [-0.15, -0.1) is 10.2 Å². The summed E-state index contributed by atoms with van der Waals surface area (Å²) in [5, 5.41) is 11.8. The smallest absolute Gasteiger partial charge is 0.224 e. The van der Waals surface area contributed by atoms with Crippen LogP contribution < -0.4 is 5.32 Å². The molecule has 0 bridgehead atoms. The SMILES string of the molecule is CCn1c(CCC(=O)Nc2cccc(C)c2)nnc1CCC1CCCCC1. The summed E-state index contributed by atoms with van der Waals surface area (Å²) in [5.41, 5.74) is 1.99. The molecule has 0 aliphatic heterocycles. The van der Waals surface area contributed by atoms with Crippen molar-refractivity contribution in [3.05, 3.63) is 41.5 Å². The van der Waals surface area contributed by atoms with Crippen molar-refractivity contribution in [2.45, 2.75) is 78.2 Å². The van der Waals surface area contributed by atoms with E-state index in [0.717, 1.165) is 41.8 Å². The largest absolute Gasteiger partial charge is 0.326 e. The molecule has 0 atom stereocenters. The van der Waals surface area contributed by atoms with Crippen LogP contribution in [0.2, 0.25) is 0 Å². The van der Waals surface area contributed by atoms with Crippen molar-refractivity contribution in [2.75, 3.05) is 5.32 Å². The Morgan fingerprint density at radius 3 is 2.59 bits per heavy atom. The number of carbonyl (C=O) groups excluding carboxylic acids is 1. The van der Waals surface area contributed by atoms with E-state index in [0.29, 0.717) is 12.8 Å². The fraction of sp³-hybridized carbons (Fsp3) is 0.591. The van der Waals surface area contributed by atoms with Gasteiger partial charge in [0.25, 0.3) is 0 Å². The highest BCUT2D eigenvalue weighted by Crippen LogP contribution is 2.27. The summed E-state index contributed by atoms with van der Waals surface area (Å²) in [6.45, 7) is 5.01. The van der Waals surface area contributed by atoms with Crippen LogP contribution in [0.5, 0.6) is 0 Å². The molecule has 3 rings (SSSR count). The fourth-order valence-corrected chi connectivity index (χ4v) is 4.09. The van der Waals surface area contributed by atoms with Gasteiger partial charge in [0.15, 0.2) is 0 Å². The summed E-state index contributed by atoms with van der Waals surface area (Å²) in [6, 6.07) is 7.88. The van der Waals surface area contributed by atoms with Gasteiger partial charge >= 0.3 is 0 Å². The Bertz CT molecular complexity index is 747. The van der Waals surface area contributed by atoms with E-state index in [1.807, 2.05) is 31.2 Å². The first-order valence-electron chi connectivity index (χ1n) is 10.4. The van der Waals surface area contributed by atoms with Gasteiger partial charge < -0.3 is 9.88 Å². The van der Waals surface area contributed by atoms with E-state index < -0.39 is 0 Å². The molecule has 2 aromatic rings. The fourth-order valence-electron chi connectivity index (χ4n) is 4.09. The Hall–Kier alpha value is -2.17. The summed E-state index contributed by atoms with van der Waals surface area (Å²) in [6.07, 6.45) is 10.2. The van der Waals surface area contributed by atoms with E-state index in [1.165, 1.54) is 38.5 Å². The standard InChI is InChI=1S/C22H32N4O/c1-3-26-20(13-12-18-9-5-4-6-10-18)24-25-21(26)14-15-22(27)23-19-11-7-8-17(2)16-19/h7-8,11,16,18H,3-6,9-10,12-15H2,1-2H3,(H,23,27). The quantitative estimate of drug-likeness (QED) is 0.735. The topological polar surface area (TPSA) is 59.8 Å². The molecule has 0 radical (unpaired) electrons. The first-order chi connectivity index (χ1) is 13.2. The van der Waals surface area contributed by atoms with Crippen LogP contribution in [-0.4, -0.2) is 20.7 Å². The summed E-state index contributed by atoms with van der Waals surface area (Å²) in [7, 11) is 0. The second-order valence-electron chi connectivity index (χ2n) is 7.74. The minimum atomic E-state index is 0.0232. The van der Waals surface area contributed by atoms with Gasteiger partial charge in [-0.3, -0.25) is 4.79 Å². The zero-order valence-electron chi connectivity index (χ0n) is 16.7. The van der Waals surface area contributed by atoms with Gasteiger partial charge in [-0.1, -0.05) is 44.2 Å². The van der Waals surface area contributed by atoms with Gasteiger partial charge in [0, 0.05) is 31.5 Å². The molecule has 5 nitrogen and oxygen atoms in total. The molecular weight excluding hydrogens is 336 g/mol. The van der Waals surface area contributed by atoms with Crippen LogP contribution in [0.15, 0.2) is 24.3 Å². The number of nitrogens with zero attached hydrogens (tertiary/aromatic N) is 3. The Morgan fingerprint density at radius 2 is 1.89 bits per heavy atom. The average molecular weight is 369 g/mol. The number of nitrogens with one attached hydrogen (secondary N) is 1. The van der Waals surface area contributed by atoms with Gasteiger partial charge in [0.2, 0.25) is 5.91 Å². The molecule has 1 aromatic carbocycles. The predicted molar refractivity (Wildman–Crippen MR) is 109 cm³/mol. The highest BCUT2D eigenvalue weighted by molar-refractivity contribution is 5.90. The molecule has 146 valence electrons. The predicted octanol–water partition coefficient (Wildman–Crippen LogP) is 4.69. The molecular formula is C22H32N4O. The zero-order chi connectivity index (χ0) is 19.1. The third kappa shape index (κ3) is 5.65. The van der Waals surface area contributed by atoms with Crippen molar-refractivity contribution in [3.63, 3.8) is 0 Å². The summed E-state index contributed by atoms with van der Waals surface area (Å²) >= 11 is 0. The molecule has 27 heavy (non-hydrogen) atoms. The molecule has 1 fully saturated rings. The van der Waals surface area contributed by atoms with Crippen molar-refractivity contribution in [1.29, 1.82) is 0 Å². The van der Waals surface area contributed by atoms with Gasteiger partial charge in [0.1, 0.15) is 11.6 Å². The maximum Gasteiger partial charge on any atom is 0.224 e. The molecule has 0 saturated heterocycles. The van der Waals surface area contributed by atoms with E-state index in [2.05, 4.69) is 27.0 Å². The monoisotopic (exact) mass is 368 g/mol. The van der Waals surface area contributed by atoms with Gasteiger partial charge in [-0.05, 0) is 43.9 Å². The highest BCUT2D eigenvalue weighted by atomic mass is 16.1. The third-order valence-corrected chi connectivity index (χ3v) is 5.60. The van der Waals surface area contributed by atoms with Crippen LogP contribution in [0.1, 0.15) is 69.1 Å². The normalized spacial score (nSPS) is 15.0. The van der Waals surface area contributed by atoms with Crippen LogP contribution in [0.4, 0.5) is 5.69 Å². The van der Waals surface area contributed by atoms with Crippen LogP contribution in [0.3, 0.4) is 0 Å². The first kappa shape index (κ1) is 19.6. The lowest BCUT2D eigenvalue weighted by Crippen LogP contribution is -2.15. The number of anilines is 1. The van der Waals surface area contributed by atoms with Crippen molar-refractivity contribution < 1.29 is 4.79 Å². The Kier molecular flexibility index (Phi) is 7.02. The lowest BCUT2D eigenvalue weighted by atomic mass is 9.86. The molecule has 1 aromatic heterocycles. The lowest BCUT2D eigenvalue weighted by molar-refractivity contribution is -0.116. The van der Waals surface area contributed by atoms with E-state index in [9.17, 15) is 4.79 Å². The molecule has 1 aliphatic carbocycles. The van der Waals surface area contributed by atoms with Crippen LogP contribution in [0, 0.1) is 12.8 Å². The summed E-state index contributed by atoms with van der Waals surface area (Å²) in [5.74, 6) is 2.88. The second kappa shape index (κ2) is 9.67. The molecule has 1 aliphatic rings. The third-order valence-electron chi connectivity index (χ3n) is 5.60. The Morgan fingerprint density at radius 1 is 1.15 bits per heavy atom. The Labute approximate surface area is 162 Å². The Balaban J connectivity index is 1.52. The molecule has 1 amide bonds. The number of rotatable bonds is 8. The first-order valence-corrected chi connectivity index (χ1v) is 10.4. The van der Waals surface area contributed by atoms with Gasteiger partial charge in [-0.2, -0.15) is 0 Å². The van der Waals surface area contributed by atoms with E-state index in [1.54, 1.807) is 0 Å². The minimum Gasteiger partial charge on any atom is -0.326 e. The maximum absolute atomic E-state index is 12.3. The van der Waals surface area contributed by atoms with E-state index >= 15 is 0 Å². The van der Waals surface area contributed by atoms with Crippen LogP contribution in [-0.2, 0) is 24.2 Å². The van der Waals surface area contributed by atoms with E-state index in [-0.39, 0.29) is 5.91 Å². The molecule has 0 unspecified atom stereocenters. The van der Waals surface area contributed by atoms with Crippen LogP contribution >= 0.6 is 0 Å². The average Bonchev–Trinajstić information content (AvgIpc) is 3.07. The van der Waals surface area contributed by atoms with Gasteiger partial charge in [0.05, 0.1) is 0 Å². The van der Waals surface area contributed by atoms with Gasteiger partial charge in [-0.25, -0.2) is 0 Å². The van der Waals surface area contributed by atoms with Crippen LogP contribution in [0.25, 0.3) is 0 Å². The number of hydrogen-bond acceptors (Lipinski definition) is 3. The van der Waals surface area contributed by atoms with Crippen molar-refractivity contribution in [2.24, 2.45) is 5.92 Å².